The number of esters is 1. The standard InChI is InChI=1S/C14H13N3O3/c1-17(14-15-7-10(9-18)8-16-14)12-5-3-11(4-6-12)13(19)20-2/h3-9H,1-2H3. The largest absolute Gasteiger partial charge is 0.465 e. The molecule has 102 valence electrons. The second-order valence-corrected chi connectivity index (χ2v) is 4.03. The van der Waals surface area contributed by atoms with E-state index in [9.17, 15) is 9.59 Å². The maximum atomic E-state index is 11.3. The molecule has 6 heteroatoms. The van der Waals surface area contributed by atoms with E-state index in [1.807, 2.05) is 0 Å². The number of benzene rings is 1. The van der Waals surface area contributed by atoms with Gasteiger partial charge in [-0.15, -0.1) is 0 Å². The summed E-state index contributed by atoms with van der Waals surface area (Å²) in [5.41, 5.74) is 1.71. The molecule has 1 aromatic heterocycles. The predicted molar refractivity (Wildman–Crippen MR) is 73.3 cm³/mol. The van der Waals surface area contributed by atoms with Crippen molar-refractivity contribution in [3.05, 3.63) is 47.8 Å². The first-order valence-corrected chi connectivity index (χ1v) is 5.85. The summed E-state index contributed by atoms with van der Waals surface area (Å²) in [4.78, 5) is 31.8. The SMILES string of the molecule is COC(=O)c1ccc(N(C)c2ncc(C=O)cn2)cc1. The summed E-state index contributed by atoms with van der Waals surface area (Å²) in [6.45, 7) is 0. The summed E-state index contributed by atoms with van der Waals surface area (Å²) >= 11 is 0. The Morgan fingerprint density at radius 1 is 1.20 bits per heavy atom. The summed E-state index contributed by atoms with van der Waals surface area (Å²) in [6.07, 6.45) is 3.60. The zero-order valence-electron chi connectivity index (χ0n) is 11.1. The molecule has 0 bridgehead atoms. The zero-order chi connectivity index (χ0) is 14.5. The van der Waals surface area contributed by atoms with Gasteiger partial charge in [0, 0.05) is 25.1 Å². The van der Waals surface area contributed by atoms with E-state index in [-0.39, 0.29) is 5.97 Å². The van der Waals surface area contributed by atoms with E-state index in [2.05, 4.69) is 14.7 Å². The quantitative estimate of drug-likeness (QED) is 0.624. The molecule has 0 saturated heterocycles. The van der Waals surface area contributed by atoms with Crippen LogP contribution in [0.15, 0.2) is 36.7 Å². The van der Waals surface area contributed by atoms with Crippen molar-refractivity contribution < 1.29 is 14.3 Å². The van der Waals surface area contributed by atoms with Crippen LogP contribution in [-0.2, 0) is 4.74 Å². The van der Waals surface area contributed by atoms with Crippen molar-refractivity contribution in [2.24, 2.45) is 0 Å². The lowest BCUT2D eigenvalue weighted by molar-refractivity contribution is 0.0600. The van der Waals surface area contributed by atoms with E-state index in [0.29, 0.717) is 23.4 Å². The highest BCUT2D eigenvalue weighted by Gasteiger charge is 2.09. The fourth-order valence-corrected chi connectivity index (χ4v) is 1.62. The minimum Gasteiger partial charge on any atom is -0.465 e. The fraction of sp³-hybridized carbons (Fsp3) is 0.143. The van der Waals surface area contributed by atoms with Crippen molar-refractivity contribution in [3.8, 4) is 0 Å². The fourth-order valence-electron chi connectivity index (χ4n) is 1.62. The first-order valence-electron chi connectivity index (χ1n) is 5.85. The van der Waals surface area contributed by atoms with Crippen molar-refractivity contribution in [3.63, 3.8) is 0 Å². The van der Waals surface area contributed by atoms with Crippen molar-refractivity contribution in [2.75, 3.05) is 19.1 Å². The molecule has 0 aliphatic carbocycles. The van der Waals surface area contributed by atoms with Gasteiger partial charge in [0.2, 0.25) is 5.95 Å². The number of aldehydes is 1. The molecule has 0 aliphatic rings. The lowest BCUT2D eigenvalue weighted by Gasteiger charge is -2.17. The van der Waals surface area contributed by atoms with Gasteiger partial charge in [-0.3, -0.25) is 4.79 Å². The van der Waals surface area contributed by atoms with Gasteiger partial charge < -0.3 is 9.64 Å². The van der Waals surface area contributed by atoms with Crippen LogP contribution < -0.4 is 4.90 Å². The van der Waals surface area contributed by atoms with Gasteiger partial charge in [0.1, 0.15) is 0 Å². The zero-order valence-corrected chi connectivity index (χ0v) is 11.1. The van der Waals surface area contributed by atoms with E-state index in [0.717, 1.165) is 5.69 Å². The third-order valence-corrected chi connectivity index (χ3v) is 2.77. The van der Waals surface area contributed by atoms with Gasteiger partial charge in [-0.1, -0.05) is 0 Å². The number of aromatic nitrogens is 2. The molecule has 0 unspecified atom stereocenters. The topological polar surface area (TPSA) is 72.4 Å². The first-order chi connectivity index (χ1) is 9.65. The second-order valence-electron chi connectivity index (χ2n) is 4.03. The van der Waals surface area contributed by atoms with Gasteiger partial charge >= 0.3 is 5.97 Å². The second kappa shape index (κ2) is 5.92. The maximum Gasteiger partial charge on any atom is 0.337 e. The summed E-state index contributed by atoms with van der Waals surface area (Å²) < 4.78 is 4.64. The molecule has 0 aliphatic heterocycles. The molecule has 0 atom stereocenters. The van der Waals surface area contributed by atoms with E-state index in [1.165, 1.54) is 19.5 Å². The van der Waals surface area contributed by atoms with Crippen LogP contribution in [0.1, 0.15) is 20.7 Å². The number of hydrogen-bond donors (Lipinski definition) is 0. The molecule has 2 aromatic rings. The molecule has 0 spiro atoms. The van der Waals surface area contributed by atoms with Crippen LogP contribution in [0, 0.1) is 0 Å². The Labute approximate surface area is 116 Å². The number of nitrogens with zero attached hydrogens (tertiary/aromatic N) is 3. The maximum absolute atomic E-state index is 11.3. The Kier molecular flexibility index (Phi) is 4.05. The van der Waals surface area contributed by atoms with Crippen LogP contribution in [0.25, 0.3) is 0 Å². The summed E-state index contributed by atoms with van der Waals surface area (Å²) in [6, 6.07) is 6.86. The lowest BCUT2D eigenvalue weighted by atomic mass is 10.2. The molecular formula is C14H13N3O3. The molecule has 0 fully saturated rings. The molecule has 0 N–H and O–H groups in total. The average molecular weight is 271 g/mol. The normalized spacial score (nSPS) is 9.90. The highest BCUT2D eigenvalue weighted by molar-refractivity contribution is 5.89. The molecule has 0 radical (unpaired) electrons. The molecule has 6 nitrogen and oxygen atoms in total. The lowest BCUT2D eigenvalue weighted by Crippen LogP contribution is -2.13. The molecule has 20 heavy (non-hydrogen) atoms. The van der Waals surface area contributed by atoms with E-state index < -0.39 is 0 Å². The summed E-state index contributed by atoms with van der Waals surface area (Å²) in [7, 11) is 3.13. The Morgan fingerprint density at radius 3 is 2.30 bits per heavy atom. The van der Waals surface area contributed by atoms with E-state index in [1.54, 1.807) is 36.2 Å². The Bertz CT molecular complexity index is 609. The number of anilines is 2. The number of ether oxygens (including phenoxy) is 1. The third kappa shape index (κ3) is 2.80. The Hall–Kier alpha value is -2.76. The molecular weight excluding hydrogens is 258 g/mol. The number of methoxy groups -OCH3 is 1. The summed E-state index contributed by atoms with van der Waals surface area (Å²) in [5.74, 6) is 0.0761. The molecule has 0 saturated carbocycles. The van der Waals surface area contributed by atoms with Gasteiger partial charge in [-0.05, 0) is 24.3 Å². The first kappa shape index (κ1) is 13.7. The predicted octanol–water partition coefficient (Wildman–Crippen LogP) is 1.84. The van der Waals surface area contributed by atoms with Crippen molar-refractivity contribution >= 4 is 23.9 Å². The number of carbonyl (C=O) groups excluding carboxylic acids is 2. The van der Waals surface area contributed by atoms with E-state index >= 15 is 0 Å². The monoisotopic (exact) mass is 271 g/mol. The summed E-state index contributed by atoms with van der Waals surface area (Å²) in [5, 5.41) is 0. The Balaban J connectivity index is 2.21. The smallest absolute Gasteiger partial charge is 0.337 e. The third-order valence-electron chi connectivity index (χ3n) is 2.77. The van der Waals surface area contributed by atoms with Crippen LogP contribution in [0.3, 0.4) is 0 Å². The molecule has 0 amide bonds. The Morgan fingerprint density at radius 2 is 1.80 bits per heavy atom. The van der Waals surface area contributed by atoms with Crippen molar-refractivity contribution in [1.29, 1.82) is 0 Å². The van der Waals surface area contributed by atoms with Crippen LogP contribution in [0.2, 0.25) is 0 Å². The average Bonchev–Trinajstić information content (AvgIpc) is 2.53. The van der Waals surface area contributed by atoms with Crippen LogP contribution in [0.5, 0.6) is 0 Å². The van der Waals surface area contributed by atoms with Gasteiger partial charge in [-0.25, -0.2) is 14.8 Å². The molecule has 1 heterocycles. The van der Waals surface area contributed by atoms with E-state index in [4.69, 9.17) is 0 Å². The molecule has 1 aromatic carbocycles. The van der Waals surface area contributed by atoms with Crippen molar-refractivity contribution in [2.45, 2.75) is 0 Å². The highest BCUT2D eigenvalue weighted by atomic mass is 16.5. The van der Waals surface area contributed by atoms with Crippen molar-refractivity contribution in [1.82, 2.24) is 9.97 Å². The number of rotatable bonds is 4. The van der Waals surface area contributed by atoms with Gasteiger partial charge in [-0.2, -0.15) is 0 Å². The van der Waals surface area contributed by atoms with Crippen LogP contribution >= 0.6 is 0 Å². The van der Waals surface area contributed by atoms with Gasteiger partial charge in [0.15, 0.2) is 6.29 Å². The molecule has 2 rings (SSSR count). The minimum absolute atomic E-state index is 0.384. The van der Waals surface area contributed by atoms with Gasteiger partial charge in [0.05, 0.1) is 18.2 Å². The number of hydrogen-bond acceptors (Lipinski definition) is 6. The highest BCUT2D eigenvalue weighted by Crippen LogP contribution is 2.20. The van der Waals surface area contributed by atoms with Crippen LogP contribution in [-0.4, -0.2) is 36.4 Å². The van der Waals surface area contributed by atoms with Gasteiger partial charge in [0.25, 0.3) is 0 Å². The van der Waals surface area contributed by atoms with Crippen LogP contribution in [0.4, 0.5) is 11.6 Å². The number of carbonyl (C=O) groups is 2. The minimum atomic E-state index is -0.384.